The van der Waals surface area contributed by atoms with Crippen molar-refractivity contribution in [2.45, 2.75) is 50.7 Å². The topological polar surface area (TPSA) is 64.4 Å². The monoisotopic (exact) mass is 429 g/mol. The van der Waals surface area contributed by atoms with E-state index < -0.39 is 0 Å². The number of ether oxygens (including phenoxy) is 1. The van der Waals surface area contributed by atoms with Crippen molar-refractivity contribution in [3.63, 3.8) is 0 Å². The molecule has 0 saturated heterocycles. The fraction of sp³-hybridized carbons (Fsp3) is 0.346. The number of carbonyl (C=O) groups is 1. The molecule has 164 valence electrons. The number of aryl methyl sites for hydroxylation is 1. The summed E-state index contributed by atoms with van der Waals surface area (Å²) in [5.74, 6) is 0.649. The van der Waals surface area contributed by atoms with Crippen molar-refractivity contribution in [3.05, 3.63) is 93.9 Å². The van der Waals surface area contributed by atoms with E-state index in [2.05, 4.69) is 29.4 Å². The van der Waals surface area contributed by atoms with Crippen LogP contribution in [0.5, 0.6) is 5.75 Å². The van der Waals surface area contributed by atoms with Gasteiger partial charge in [0.15, 0.2) is 0 Å². The van der Waals surface area contributed by atoms with Crippen molar-refractivity contribution in [1.29, 1.82) is 0 Å². The van der Waals surface area contributed by atoms with Gasteiger partial charge in [0.25, 0.3) is 11.5 Å². The number of benzene rings is 2. The summed E-state index contributed by atoms with van der Waals surface area (Å²) in [6, 6.07) is 21.2. The standard InChI is InChI=1S/C26H27N3O3/c30-25-16-15-23(27-28(25)17-18-32-21-9-2-1-3-10-21)26(31)29(20-13-14-20)24-12-6-8-19-7-4-5-11-22(19)24/h1-5,7,9-11,15-16,20,24H,6,8,12-14,17-18H2/t24-/m0/s1. The molecule has 0 spiro atoms. The highest BCUT2D eigenvalue weighted by molar-refractivity contribution is 5.93. The molecule has 32 heavy (non-hydrogen) atoms. The molecule has 0 bridgehead atoms. The van der Waals surface area contributed by atoms with Crippen LogP contribution < -0.4 is 10.3 Å². The van der Waals surface area contributed by atoms with Gasteiger partial charge in [0.1, 0.15) is 18.1 Å². The highest BCUT2D eigenvalue weighted by atomic mass is 16.5. The van der Waals surface area contributed by atoms with E-state index in [1.54, 1.807) is 6.07 Å². The van der Waals surface area contributed by atoms with Crippen LogP contribution in [0.1, 0.15) is 53.3 Å². The minimum Gasteiger partial charge on any atom is -0.492 e. The molecule has 1 aromatic heterocycles. The molecule has 0 radical (unpaired) electrons. The van der Waals surface area contributed by atoms with Crippen LogP contribution in [0.15, 0.2) is 71.5 Å². The molecular formula is C26H27N3O3. The number of hydrogen-bond acceptors (Lipinski definition) is 4. The van der Waals surface area contributed by atoms with Gasteiger partial charge in [-0.3, -0.25) is 9.59 Å². The van der Waals surface area contributed by atoms with E-state index >= 15 is 0 Å². The molecule has 0 unspecified atom stereocenters. The molecule has 3 aromatic rings. The summed E-state index contributed by atoms with van der Waals surface area (Å²) < 4.78 is 7.03. The lowest BCUT2D eigenvalue weighted by atomic mass is 9.86. The van der Waals surface area contributed by atoms with Gasteiger partial charge in [-0.05, 0) is 61.4 Å². The second-order valence-electron chi connectivity index (χ2n) is 8.49. The summed E-state index contributed by atoms with van der Waals surface area (Å²) in [5, 5.41) is 4.42. The third-order valence-electron chi connectivity index (χ3n) is 6.25. The van der Waals surface area contributed by atoms with E-state index in [-0.39, 0.29) is 30.1 Å². The average molecular weight is 430 g/mol. The van der Waals surface area contributed by atoms with Gasteiger partial charge in [-0.15, -0.1) is 0 Å². The van der Waals surface area contributed by atoms with Crippen LogP contribution in [0.2, 0.25) is 0 Å². The molecule has 1 saturated carbocycles. The van der Waals surface area contributed by atoms with E-state index in [9.17, 15) is 9.59 Å². The zero-order valence-corrected chi connectivity index (χ0v) is 18.0. The number of fused-ring (bicyclic) bond motifs is 1. The molecule has 2 aliphatic carbocycles. The van der Waals surface area contributed by atoms with Gasteiger partial charge in [0.05, 0.1) is 12.6 Å². The number of aromatic nitrogens is 2. The average Bonchev–Trinajstić information content (AvgIpc) is 3.66. The Labute approximate surface area is 187 Å². The Morgan fingerprint density at radius 2 is 1.78 bits per heavy atom. The summed E-state index contributed by atoms with van der Waals surface area (Å²) in [5.41, 5.74) is 2.67. The molecular weight excluding hydrogens is 402 g/mol. The Hall–Kier alpha value is -3.41. The van der Waals surface area contributed by atoms with Crippen LogP contribution in [0.3, 0.4) is 0 Å². The SMILES string of the molecule is O=C(c1ccc(=O)n(CCOc2ccccc2)n1)N(C1CC1)[C@H]1CCCc2ccccc21. The Morgan fingerprint density at radius 1 is 1.00 bits per heavy atom. The van der Waals surface area contributed by atoms with Crippen molar-refractivity contribution in [1.82, 2.24) is 14.7 Å². The number of hydrogen-bond donors (Lipinski definition) is 0. The first kappa shape index (κ1) is 20.5. The molecule has 0 N–H and O–H groups in total. The van der Waals surface area contributed by atoms with Gasteiger partial charge in [0, 0.05) is 12.1 Å². The van der Waals surface area contributed by atoms with Crippen LogP contribution in [0.4, 0.5) is 0 Å². The van der Waals surface area contributed by atoms with Gasteiger partial charge >= 0.3 is 0 Å². The first-order chi connectivity index (χ1) is 15.7. The largest absolute Gasteiger partial charge is 0.492 e. The fourth-order valence-electron chi connectivity index (χ4n) is 4.55. The molecule has 6 heteroatoms. The van der Waals surface area contributed by atoms with E-state index in [1.807, 2.05) is 35.2 Å². The van der Waals surface area contributed by atoms with Crippen molar-refractivity contribution in [2.75, 3.05) is 6.61 Å². The predicted octanol–water partition coefficient (Wildman–Crippen LogP) is 4.00. The first-order valence-corrected chi connectivity index (χ1v) is 11.4. The second-order valence-corrected chi connectivity index (χ2v) is 8.49. The Kier molecular flexibility index (Phi) is 5.75. The zero-order valence-electron chi connectivity index (χ0n) is 18.0. The van der Waals surface area contributed by atoms with Gasteiger partial charge in [0.2, 0.25) is 0 Å². The molecule has 6 nitrogen and oxygen atoms in total. The van der Waals surface area contributed by atoms with Crippen LogP contribution >= 0.6 is 0 Å². The number of amides is 1. The fourth-order valence-corrected chi connectivity index (χ4v) is 4.55. The normalized spacial score (nSPS) is 17.4. The molecule has 2 aliphatic rings. The molecule has 1 atom stereocenters. The molecule has 1 fully saturated rings. The van der Waals surface area contributed by atoms with Gasteiger partial charge in [-0.25, -0.2) is 4.68 Å². The predicted molar refractivity (Wildman–Crippen MR) is 122 cm³/mol. The minimum absolute atomic E-state index is 0.0727. The highest BCUT2D eigenvalue weighted by Crippen LogP contribution is 2.41. The maximum atomic E-state index is 13.6. The van der Waals surface area contributed by atoms with Crippen molar-refractivity contribution in [3.8, 4) is 5.75 Å². The number of nitrogens with zero attached hydrogens (tertiary/aromatic N) is 3. The van der Waals surface area contributed by atoms with E-state index in [0.717, 1.165) is 37.9 Å². The number of para-hydroxylation sites is 1. The Balaban J connectivity index is 1.36. The summed E-state index contributed by atoms with van der Waals surface area (Å²) in [6.45, 7) is 0.585. The molecule has 0 aliphatic heterocycles. The van der Waals surface area contributed by atoms with Crippen molar-refractivity contribution >= 4 is 5.91 Å². The Morgan fingerprint density at radius 3 is 2.59 bits per heavy atom. The summed E-state index contributed by atoms with van der Waals surface area (Å²) in [7, 11) is 0. The van der Waals surface area contributed by atoms with Crippen molar-refractivity contribution in [2.24, 2.45) is 0 Å². The van der Waals surface area contributed by atoms with Crippen LogP contribution in [0.25, 0.3) is 0 Å². The number of carbonyl (C=O) groups excluding carboxylic acids is 1. The van der Waals surface area contributed by atoms with Gasteiger partial charge < -0.3 is 9.64 Å². The summed E-state index contributed by atoms with van der Waals surface area (Å²) in [4.78, 5) is 28.0. The van der Waals surface area contributed by atoms with Gasteiger partial charge in [-0.2, -0.15) is 5.10 Å². The lowest BCUT2D eigenvalue weighted by Gasteiger charge is -2.36. The second kappa shape index (κ2) is 8.99. The minimum atomic E-state index is -0.237. The number of rotatable bonds is 7. The van der Waals surface area contributed by atoms with Crippen molar-refractivity contribution < 1.29 is 9.53 Å². The summed E-state index contributed by atoms with van der Waals surface area (Å²) in [6.07, 6.45) is 5.14. The lowest BCUT2D eigenvalue weighted by molar-refractivity contribution is 0.0628. The first-order valence-electron chi connectivity index (χ1n) is 11.4. The summed E-state index contributed by atoms with van der Waals surface area (Å²) >= 11 is 0. The maximum Gasteiger partial charge on any atom is 0.275 e. The quantitative estimate of drug-likeness (QED) is 0.569. The molecule has 5 rings (SSSR count). The van der Waals surface area contributed by atoms with Gasteiger partial charge in [-0.1, -0.05) is 42.5 Å². The third-order valence-corrected chi connectivity index (χ3v) is 6.25. The van der Waals surface area contributed by atoms with Crippen LogP contribution in [-0.4, -0.2) is 33.2 Å². The van der Waals surface area contributed by atoms with E-state index in [0.29, 0.717) is 12.3 Å². The smallest absolute Gasteiger partial charge is 0.275 e. The molecule has 1 amide bonds. The molecule has 2 aromatic carbocycles. The van der Waals surface area contributed by atoms with E-state index in [1.165, 1.54) is 21.9 Å². The highest BCUT2D eigenvalue weighted by Gasteiger charge is 2.40. The molecule has 1 heterocycles. The Bertz CT molecular complexity index is 1150. The lowest BCUT2D eigenvalue weighted by Crippen LogP contribution is -2.40. The third kappa shape index (κ3) is 4.31. The zero-order chi connectivity index (χ0) is 21.9. The maximum absolute atomic E-state index is 13.6. The van der Waals surface area contributed by atoms with E-state index in [4.69, 9.17) is 4.74 Å². The van der Waals surface area contributed by atoms with Crippen LogP contribution in [-0.2, 0) is 13.0 Å². The van der Waals surface area contributed by atoms with Crippen LogP contribution in [0, 0.1) is 0 Å².